The van der Waals surface area contributed by atoms with E-state index in [2.05, 4.69) is 9.97 Å². The molecule has 15 heavy (non-hydrogen) atoms. The summed E-state index contributed by atoms with van der Waals surface area (Å²) >= 11 is 1.51. The van der Waals surface area contributed by atoms with Gasteiger partial charge < -0.3 is 4.57 Å². The molecule has 0 saturated carbocycles. The van der Waals surface area contributed by atoms with Gasteiger partial charge in [-0.3, -0.25) is 4.79 Å². The van der Waals surface area contributed by atoms with Crippen LogP contribution >= 0.6 is 11.3 Å². The number of hydrogen-bond donors (Lipinski definition) is 0. The molecule has 2 aromatic heterocycles. The van der Waals surface area contributed by atoms with Crippen molar-refractivity contribution in [2.75, 3.05) is 0 Å². The van der Waals surface area contributed by atoms with Gasteiger partial charge in [0.2, 0.25) is 0 Å². The Morgan fingerprint density at radius 1 is 1.60 bits per heavy atom. The number of thiazole rings is 1. The summed E-state index contributed by atoms with van der Waals surface area (Å²) in [7, 11) is 1.84. The van der Waals surface area contributed by atoms with E-state index >= 15 is 0 Å². The molecule has 0 aliphatic heterocycles. The molecule has 0 spiro atoms. The largest absolute Gasteiger partial charge is 0.340 e. The lowest BCUT2D eigenvalue weighted by Gasteiger charge is -1.92. The summed E-state index contributed by atoms with van der Waals surface area (Å²) in [5.74, 6) is 0.0185. The molecular formula is C10H11N3OS. The van der Waals surface area contributed by atoms with E-state index in [0.717, 1.165) is 10.7 Å². The zero-order chi connectivity index (χ0) is 10.8. The number of carbonyl (C=O) groups is 1. The van der Waals surface area contributed by atoms with Crippen molar-refractivity contribution in [3.05, 3.63) is 34.3 Å². The molecule has 0 atom stereocenters. The summed E-state index contributed by atoms with van der Waals surface area (Å²) in [5, 5.41) is 2.80. The Morgan fingerprint density at radius 3 is 2.93 bits per heavy atom. The summed E-state index contributed by atoms with van der Waals surface area (Å²) in [6.45, 7) is 1.92. The Kier molecular flexibility index (Phi) is 2.64. The normalized spacial score (nSPS) is 10.5. The van der Waals surface area contributed by atoms with Crippen LogP contribution in [0.25, 0.3) is 0 Å². The fourth-order valence-corrected chi connectivity index (χ4v) is 2.04. The van der Waals surface area contributed by atoms with Crippen molar-refractivity contribution < 1.29 is 4.79 Å². The number of ketones is 1. The van der Waals surface area contributed by atoms with E-state index in [1.54, 1.807) is 17.1 Å². The third kappa shape index (κ3) is 2.30. The molecule has 0 aliphatic carbocycles. The molecule has 2 rings (SSSR count). The van der Waals surface area contributed by atoms with Gasteiger partial charge in [-0.2, -0.15) is 0 Å². The average Bonchev–Trinajstić information content (AvgIpc) is 2.75. The molecular weight excluding hydrogens is 210 g/mol. The van der Waals surface area contributed by atoms with Crippen LogP contribution in [0.1, 0.15) is 21.2 Å². The van der Waals surface area contributed by atoms with Crippen molar-refractivity contribution in [1.29, 1.82) is 0 Å². The zero-order valence-corrected chi connectivity index (χ0v) is 9.41. The van der Waals surface area contributed by atoms with E-state index in [1.165, 1.54) is 11.3 Å². The minimum atomic E-state index is 0.0185. The van der Waals surface area contributed by atoms with Gasteiger partial charge in [0.25, 0.3) is 0 Å². The van der Waals surface area contributed by atoms with Gasteiger partial charge in [0.15, 0.2) is 5.78 Å². The van der Waals surface area contributed by atoms with E-state index in [9.17, 15) is 4.79 Å². The Balaban J connectivity index is 2.10. The minimum absolute atomic E-state index is 0.0185. The van der Waals surface area contributed by atoms with Crippen molar-refractivity contribution in [2.45, 2.75) is 13.3 Å². The third-order valence-electron chi connectivity index (χ3n) is 1.97. The predicted molar refractivity (Wildman–Crippen MR) is 58.1 cm³/mol. The number of nitrogens with zero attached hydrogens (tertiary/aromatic N) is 3. The van der Waals surface area contributed by atoms with Crippen LogP contribution in [0.4, 0.5) is 0 Å². The predicted octanol–water partition coefficient (Wildman–Crippen LogP) is 1.61. The Labute approximate surface area is 91.6 Å². The first kappa shape index (κ1) is 10.0. The topological polar surface area (TPSA) is 47.8 Å². The smallest absolute Gasteiger partial charge is 0.189 e. The second-order valence-corrected chi connectivity index (χ2v) is 4.35. The summed E-state index contributed by atoms with van der Waals surface area (Å²) in [6, 6.07) is 0. The maximum Gasteiger partial charge on any atom is 0.189 e. The maximum absolute atomic E-state index is 11.7. The van der Waals surface area contributed by atoms with E-state index in [1.807, 2.05) is 19.4 Å². The van der Waals surface area contributed by atoms with Gasteiger partial charge in [-0.05, 0) is 6.92 Å². The van der Waals surface area contributed by atoms with E-state index < -0.39 is 0 Å². The van der Waals surface area contributed by atoms with Gasteiger partial charge in [-0.1, -0.05) is 0 Å². The number of hydrogen-bond acceptors (Lipinski definition) is 4. The minimum Gasteiger partial charge on any atom is -0.340 e. The summed E-state index contributed by atoms with van der Waals surface area (Å²) < 4.78 is 1.76. The van der Waals surface area contributed by atoms with Gasteiger partial charge in [-0.15, -0.1) is 11.3 Å². The van der Waals surface area contributed by atoms with E-state index in [4.69, 9.17) is 0 Å². The molecule has 0 unspecified atom stereocenters. The first-order chi connectivity index (χ1) is 7.15. The number of rotatable bonds is 3. The number of Topliss-reactive ketones (excluding diaryl/α,β-unsaturated/α-hetero) is 1. The van der Waals surface area contributed by atoms with Crippen molar-refractivity contribution in [3.8, 4) is 0 Å². The van der Waals surface area contributed by atoms with Crippen LogP contribution in [0.2, 0.25) is 0 Å². The lowest BCUT2D eigenvalue weighted by atomic mass is 10.2. The highest BCUT2D eigenvalue weighted by Gasteiger charge is 2.11. The fraction of sp³-hybridized carbons (Fsp3) is 0.300. The van der Waals surface area contributed by atoms with E-state index in [-0.39, 0.29) is 5.78 Å². The van der Waals surface area contributed by atoms with Crippen molar-refractivity contribution in [3.63, 3.8) is 0 Å². The fourth-order valence-electron chi connectivity index (χ4n) is 1.27. The summed E-state index contributed by atoms with van der Waals surface area (Å²) in [5.41, 5.74) is 1.47. The second-order valence-electron chi connectivity index (χ2n) is 3.41. The number of carbonyl (C=O) groups excluding carboxylic acids is 1. The quantitative estimate of drug-likeness (QED) is 0.740. The van der Waals surface area contributed by atoms with Crippen molar-refractivity contribution >= 4 is 17.1 Å². The average molecular weight is 221 g/mol. The number of aryl methyl sites for hydroxylation is 2. The Hall–Kier alpha value is -1.49. The standard InChI is InChI=1S/C10H11N3OS/c1-7-5-15-10(12-7)3-9(14)8-4-13(2)6-11-8/h4-6H,3H2,1-2H3. The third-order valence-corrected chi connectivity index (χ3v) is 2.94. The molecule has 0 aliphatic rings. The van der Waals surface area contributed by atoms with Crippen LogP contribution in [-0.4, -0.2) is 20.3 Å². The van der Waals surface area contributed by atoms with Crippen molar-refractivity contribution in [2.24, 2.45) is 7.05 Å². The summed E-state index contributed by atoms with van der Waals surface area (Å²) in [6.07, 6.45) is 3.69. The molecule has 5 heteroatoms. The molecule has 4 nitrogen and oxygen atoms in total. The van der Waals surface area contributed by atoms with Crippen LogP contribution in [0.3, 0.4) is 0 Å². The maximum atomic E-state index is 11.7. The molecule has 0 radical (unpaired) electrons. The molecule has 78 valence electrons. The van der Waals surface area contributed by atoms with Crippen LogP contribution in [-0.2, 0) is 13.5 Å². The van der Waals surface area contributed by atoms with Crippen LogP contribution in [0, 0.1) is 6.92 Å². The molecule has 0 bridgehead atoms. The van der Waals surface area contributed by atoms with Crippen LogP contribution in [0.5, 0.6) is 0 Å². The van der Waals surface area contributed by atoms with Crippen LogP contribution in [0.15, 0.2) is 17.9 Å². The van der Waals surface area contributed by atoms with Crippen LogP contribution < -0.4 is 0 Å². The SMILES string of the molecule is Cc1csc(CC(=O)c2cn(C)cn2)n1. The lowest BCUT2D eigenvalue weighted by Crippen LogP contribution is -2.03. The highest BCUT2D eigenvalue weighted by atomic mass is 32.1. The molecule has 0 saturated heterocycles. The highest BCUT2D eigenvalue weighted by Crippen LogP contribution is 2.11. The molecule has 0 aromatic carbocycles. The second kappa shape index (κ2) is 3.94. The first-order valence-corrected chi connectivity index (χ1v) is 5.45. The number of aromatic nitrogens is 3. The van der Waals surface area contributed by atoms with Gasteiger partial charge in [-0.25, -0.2) is 9.97 Å². The molecule has 0 amide bonds. The molecule has 0 fully saturated rings. The first-order valence-electron chi connectivity index (χ1n) is 4.57. The Morgan fingerprint density at radius 2 is 2.40 bits per heavy atom. The molecule has 2 aromatic rings. The van der Waals surface area contributed by atoms with E-state index in [0.29, 0.717) is 12.1 Å². The van der Waals surface area contributed by atoms with Gasteiger partial charge >= 0.3 is 0 Å². The lowest BCUT2D eigenvalue weighted by molar-refractivity contribution is 0.0988. The zero-order valence-electron chi connectivity index (χ0n) is 8.60. The number of imidazole rings is 1. The monoisotopic (exact) mass is 221 g/mol. The Bertz CT molecular complexity index is 486. The highest BCUT2D eigenvalue weighted by molar-refractivity contribution is 7.09. The van der Waals surface area contributed by atoms with Crippen molar-refractivity contribution in [1.82, 2.24) is 14.5 Å². The molecule has 0 N–H and O–H groups in total. The van der Waals surface area contributed by atoms with Gasteiger partial charge in [0, 0.05) is 24.3 Å². The molecule has 2 heterocycles. The van der Waals surface area contributed by atoms with Gasteiger partial charge in [0.05, 0.1) is 12.7 Å². The van der Waals surface area contributed by atoms with Gasteiger partial charge in [0.1, 0.15) is 10.7 Å². The summed E-state index contributed by atoms with van der Waals surface area (Å²) in [4.78, 5) is 20.0.